The monoisotopic (exact) mass is 464 g/mol. The number of ketones is 1. The Morgan fingerprint density at radius 1 is 1.12 bits per heavy atom. The van der Waals surface area contributed by atoms with Crippen molar-refractivity contribution in [2.45, 2.75) is 64.6 Å². The molecule has 1 saturated carbocycles. The van der Waals surface area contributed by atoms with Crippen molar-refractivity contribution in [1.82, 2.24) is 0 Å². The molecule has 1 aliphatic carbocycles. The van der Waals surface area contributed by atoms with Crippen molar-refractivity contribution in [3.63, 3.8) is 0 Å². The molecule has 0 radical (unpaired) electrons. The molecule has 5 nitrogen and oxygen atoms in total. The Balaban J connectivity index is 1.59. The molecule has 182 valence electrons. The molecule has 0 bridgehead atoms. The number of rotatable bonds is 11. The largest absolute Gasteiger partial charge is 0.481 e. The summed E-state index contributed by atoms with van der Waals surface area (Å²) in [7, 11) is 0. The Kier molecular flexibility index (Phi) is 8.81. The van der Waals surface area contributed by atoms with Crippen LogP contribution in [0.1, 0.15) is 51.5 Å². The van der Waals surface area contributed by atoms with Crippen molar-refractivity contribution in [3.8, 4) is 0 Å². The van der Waals surface area contributed by atoms with E-state index in [0.29, 0.717) is 25.7 Å². The number of Topliss-reactive ketones (excluding diaryl/α,β-unsaturated/α-hetero) is 1. The average molecular weight is 465 g/mol. The summed E-state index contributed by atoms with van der Waals surface area (Å²) < 4.78 is 0. The lowest BCUT2D eigenvalue weighted by molar-refractivity contribution is -0.137. The lowest BCUT2D eigenvalue weighted by Crippen LogP contribution is -2.31. The van der Waals surface area contributed by atoms with Gasteiger partial charge in [0, 0.05) is 18.3 Å². The number of carbonyl (C=O) groups is 2. The van der Waals surface area contributed by atoms with Crippen molar-refractivity contribution >= 4 is 22.5 Å². The van der Waals surface area contributed by atoms with Crippen LogP contribution in [0.25, 0.3) is 10.8 Å². The zero-order valence-electron chi connectivity index (χ0n) is 20.1. The van der Waals surface area contributed by atoms with E-state index in [9.17, 15) is 19.8 Å². The fourth-order valence-corrected chi connectivity index (χ4v) is 4.80. The Bertz CT molecular complexity index is 1050. The molecule has 2 aromatic rings. The number of aryl methyl sites for hydroxylation is 1. The van der Waals surface area contributed by atoms with Gasteiger partial charge in [-0.15, -0.1) is 0 Å². The first-order valence-electron chi connectivity index (χ1n) is 12.1. The fourth-order valence-electron chi connectivity index (χ4n) is 4.80. The number of benzene rings is 2. The van der Waals surface area contributed by atoms with Gasteiger partial charge in [0.1, 0.15) is 5.78 Å². The number of fused-ring (bicyclic) bond motifs is 1. The van der Waals surface area contributed by atoms with Gasteiger partial charge in [0.25, 0.3) is 0 Å². The molecule has 0 spiro atoms. The van der Waals surface area contributed by atoms with Crippen LogP contribution in [0.5, 0.6) is 0 Å². The van der Waals surface area contributed by atoms with Crippen LogP contribution in [0.3, 0.4) is 0 Å². The van der Waals surface area contributed by atoms with E-state index in [1.54, 1.807) is 19.9 Å². The van der Waals surface area contributed by atoms with E-state index < -0.39 is 23.6 Å². The normalized spacial score (nSPS) is 23.3. The molecular formula is C29H36O5. The van der Waals surface area contributed by atoms with Crippen LogP contribution in [0.15, 0.2) is 66.8 Å². The van der Waals surface area contributed by atoms with Crippen LogP contribution in [0.4, 0.5) is 0 Å². The van der Waals surface area contributed by atoms with Crippen LogP contribution >= 0.6 is 0 Å². The molecule has 3 rings (SSSR count). The lowest BCUT2D eigenvalue weighted by Gasteiger charge is -2.22. The lowest BCUT2D eigenvalue weighted by atomic mass is 9.86. The first kappa shape index (κ1) is 25.9. The summed E-state index contributed by atoms with van der Waals surface area (Å²) in [6, 6.07) is 14.5. The third-order valence-corrected chi connectivity index (χ3v) is 6.96. The zero-order chi connectivity index (χ0) is 24.7. The van der Waals surface area contributed by atoms with Crippen molar-refractivity contribution in [2.75, 3.05) is 0 Å². The van der Waals surface area contributed by atoms with Gasteiger partial charge >= 0.3 is 5.97 Å². The Morgan fingerprint density at radius 2 is 1.85 bits per heavy atom. The molecular weight excluding hydrogens is 428 g/mol. The first-order chi connectivity index (χ1) is 16.2. The molecule has 5 heteroatoms. The number of aliphatic hydroxyl groups is 2. The van der Waals surface area contributed by atoms with Crippen LogP contribution < -0.4 is 0 Å². The van der Waals surface area contributed by atoms with E-state index >= 15 is 0 Å². The molecule has 0 saturated heterocycles. The van der Waals surface area contributed by atoms with Crippen molar-refractivity contribution in [3.05, 3.63) is 72.3 Å². The van der Waals surface area contributed by atoms with Gasteiger partial charge in [0.15, 0.2) is 0 Å². The highest BCUT2D eigenvalue weighted by molar-refractivity contribution is 5.90. The third kappa shape index (κ3) is 6.43. The maximum atomic E-state index is 13.0. The highest BCUT2D eigenvalue weighted by Crippen LogP contribution is 2.44. The van der Waals surface area contributed by atoms with Gasteiger partial charge in [-0.1, -0.05) is 80.6 Å². The second kappa shape index (κ2) is 11.6. The maximum absolute atomic E-state index is 13.0. The van der Waals surface area contributed by atoms with Crippen molar-refractivity contribution in [2.24, 2.45) is 17.3 Å². The van der Waals surface area contributed by atoms with Gasteiger partial charge < -0.3 is 15.3 Å². The Hall–Kier alpha value is -2.76. The molecule has 2 aromatic carbocycles. The van der Waals surface area contributed by atoms with Gasteiger partial charge in [0.05, 0.1) is 17.6 Å². The quantitative estimate of drug-likeness (QED) is 0.318. The minimum absolute atomic E-state index is 0.0236. The van der Waals surface area contributed by atoms with Crippen molar-refractivity contribution in [1.29, 1.82) is 0 Å². The van der Waals surface area contributed by atoms with E-state index in [0.717, 1.165) is 12.0 Å². The van der Waals surface area contributed by atoms with E-state index in [-0.39, 0.29) is 24.0 Å². The number of carboxylic acids is 1. The van der Waals surface area contributed by atoms with Gasteiger partial charge in [-0.3, -0.25) is 9.59 Å². The Labute approximate surface area is 201 Å². The molecule has 0 heterocycles. The summed E-state index contributed by atoms with van der Waals surface area (Å²) in [4.78, 5) is 23.6. The second-order valence-electron chi connectivity index (χ2n) is 9.88. The smallest absolute Gasteiger partial charge is 0.303 e. The minimum Gasteiger partial charge on any atom is -0.481 e. The van der Waals surface area contributed by atoms with Gasteiger partial charge in [-0.25, -0.2) is 0 Å². The zero-order valence-corrected chi connectivity index (χ0v) is 20.1. The first-order valence-corrected chi connectivity index (χ1v) is 12.1. The van der Waals surface area contributed by atoms with Crippen LogP contribution in [-0.4, -0.2) is 39.3 Å². The number of hydrogen-bond donors (Lipinski definition) is 3. The SMILES string of the molecule is CC1(C)C(=O)[C@H](CC=CCCCC(=O)O)[C@@H](C=CC(O)CCc2ccc3ccccc3c2)[C@@H]1O. The maximum Gasteiger partial charge on any atom is 0.303 e. The summed E-state index contributed by atoms with van der Waals surface area (Å²) in [6.45, 7) is 3.54. The van der Waals surface area contributed by atoms with Gasteiger partial charge in [-0.05, 0) is 48.4 Å². The topological polar surface area (TPSA) is 94.8 Å². The molecule has 0 aromatic heterocycles. The predicted molar refractivity (Wildman–Crippen MR) is 134 cm³/mol. The molecule has 1 fully saturated rings. The van der Waals surface area contributed by atoms with E-state index in [4.69, 9.17) is 5.11 Å². The molecule has 0 amide bonds. The number of aliphatic carboxylic acids is 1. The number of unbranched alkanes of at least 4 members (excludes halogenated alkanes) is 1. The summed E-state index contributed by atoms with van der Waals surface area (Å²) in [5.41, 5.74) is 0.321. The van der Waals surface area contributed by atoms with E-state index in [1.165, 1.54) is 10.8 Å². The molecule has 1 aliphatic rings. The molecule has 34 heavy (non-hydrogen) atoms. The van der Waals surface area contributed by atoms with Crippen LogP contribution in [-0.2, 0) is 16.0 Å². The Morgan fingerprint density at radius 3 is 2.59 bits per heavy atom. The standard InChI is InChI=1S/C29H36O5/c1-29(2)27(33)24(11-5-3-4-6-12-26(31)32)25(28(29)34)18-17-23(30)16-14-20-13-15-21-9-7-8-10-22(21)19-20/h3,5,7-10,13,15,17-19,23-25,28,30,34H,4,6,11-12,14,16H2,1-2H3,(H,31,32)/t23?,24-,25-,28+/m1/s1. The number of carboxylic acid groups (broad SMARTS) is 1. The van der Waals surface area contributed by atoms with E-state index in [2.05, 4.69) is 30.3 Å². The van der Waals surface area contributed by atoms with Crippen LogP contribution in [0, 0.1) is 17.3 Å². The predicted octanol–water partition coefficient (Wildman–Crippen LogP) is 5.09. The second-order valence-corrected chi connectivity index (χ2v) is 9.88. The number of aliphatic hydroxyl groups excluding tert-OH is 2. The molecule has 4 atom stereocenters. The van der Waals surface area contributed by atoms with Gasteiger partial charge in [0.2, 0.25) is 0 Å². The third-order valence-electron chi connectivity index (χ3n) is 6.96. The summed E-state index contributed by atoms with van der Waals surface area (Å²) >= 11 is 0. The minimum atomic E-state index is -0.840. The fraction of sp³-hybridized carbons (Fsp3) is 0.448. The summed E-state index contributed by atoms with van der Waals surface area (Å²) in [5, 5.41) is 32.5. The highest BCUT2D eigenvalue weighted by Gasteiger charge is 2.52. The molecule has 0 aliphatic heterocycles. The summed E-state index contributed by atoms with van der Waals surface area (Å²) in [6.07, 6.45) is 8.99. The molecule has 1 unspecified atom stereocenters. The number of hydrogen-bond acceptors (Lipinski definition) is 4. The average Bonchev–Trinajstić information content (AvgIpc) is 2.97. The number of carbonyl (C=O) groups excluding carboxylic acids is 1. The van der Waals surface area contributed by atoms with E-state index in [1.807, 2.05) is 30.4 Å². The van der Waals surface area contributed by atoms with Gasteiger partial charge in [-0.2, -0.15) is 0 Å². The summed E-state index contributed by atoms with van der Waals surface area (Å²) in [5.74, 6) is -1.50. The molecule has 3 N–H and O–H groups in total. The highest BCUT2D eigenvalue weighted by atomic mass is 16.4. The van der Waals surface area contributed by atoms with Crippen molar-refractivity contribution < 1.29 is 24.9 Å². The number of allylic oxidation sites excluding steroid dienone is 2. The van der Waals surface area contributed by atoms with Crippen LogP contribution in [0.2, 0.25) is 0 Å².